The maximum Gasteiger partial charge on any atom is 0.308 e. The Kier molecular flexibility index (Phi) is 4.65. The van der Waals surface area contributed by atoms with Gasteiger partial charge < -0.3 is 9.84 Å². The Hall–Kier alpha value is -1.00. The summed E-state index contributed by atoms with van der Waals surface area (Å²) in [6, 6.07) is 7.48. The van der Waals surface area contributed by atoms with Gasteiger partial charge in [0.2, 0.25) is 0 Å². The molecule has 0 radical (unpaired) electrons. The summed E-state index contributed by atoms with van der Waals surface area (Å²) in [6.45, 7) is 0. The Morgan fingerprint density at radius 1 is 1.53 bits per heavy atom. The highest BCUT2D eigenvalue weighted by molar-refractivity contribution is 7.98. The lowest BCUT2D eigenvalue weighted by Gasteiger charge is -2.12. The number of methoxy groups -OCH3 is 1. The number of ether oxygens (including phenoxy) is 1. The van der Waals surface area contributed by atoms with E-state index in [0.717, 1.165) is 10.5 Å². The Balaban J connectivity index is 2.80. The van der Waals surface area contributed by atoms with Crippen LogP contribution in [0.4, 0.5) is 0 Å². The maximum absolute atomic E-state index is 11.0. The summed E-state index contributed by atoms with van der Waals surface area (Å²) in [6.07, 6.45) is 1.14. The molecule has 1 aromatic rings. The van der Waals surface area contributed by atoms with Crippen LogP contribution in [-0.4, -0.2) is 24.4 Å². The van der Waals surface area contributed by atoms with Crippen molar-refractivity contribution in [1.29, 1.82) is 0 Å². The molecular formula is C11H14O3S. The minimum absolute atomic E-state index is 0.00588. The molecule has 0 amide bonds. The fourth-order valence-corrected chi connectivity index (χ4v) is 1.95. The lowest BCUT2D eigenvalue weighted by Crippen LogP contribution is -2.08. The van der Waals surface area contributed by atoms with E-state index in [2.05, 4.69) is 4.74 Å². The van der Waals surface area contributed by atoms with Gasteiger partial charge in [-0.05, 0) is 17.9 Å². The van der Waals surface area contributed by atoms with Crippen molar-refractivity contribution < 1.29 is 14.6 Å². The molecule has 0 unspecified atom stereocenters. The molecule has 0 heterocycles. The molecule has 4 heteroatoms. The number of hydrogen-bond acceptors (Lipinski definition) is 4. The minimum atomic E-state index is -0.791. The van der Waals surface area contributed by atoms with Crippen LogP contribution in [0.3, 0.4) is 0 Å². The quantitative estimate of drug-likeness (QED) is 0.630. The van der Waals surface area contributed by atoms with E-state index in [-0.39, 0.29) is 6.42 Å². The van der Waals surface area contributed by atoms with Crippen molar-refractivity contribution >= 4 is 17.7 Å². The zero-order valence-electron chi connectivity index (χ0n) is 8.77. The van der Waals surface area contributed by atoms with Gasteiger partial charge in [-0.15, -0.1) is 11.8 Å². The van der Waals surface area contributed by atoms with Gasteiger partial charge in [0.15, 0.2) is 0 Å². The molecule has 0 saturated carbocycles. The molecule has 3 nitrogen and oxygen atoms in total. The molecule has 82 valence electrons. The van der Waals surface area contributed by atoms with E-state index in [1.807, 2.05) is 30.5 Å². The van der Waals surface area contributed by atoms with Gasteiger partial charge in [0, 0.05) is 4.90 Å². The van der Waals surface area contributed by atoms with Gasteiger partial charge in [0.1, 0.15) is 0 Å². The topological polar surface area (TPSA) is 46.5 Å². The largest absolute Gasteiger partial charge is 0.469 e. The van der Waals surface area contributed by atoms with Gasteiger partial charge in [-0.1, -0.05) is 18.2 Å². The molecule has 15 heavy (non-hydrogen) atoms. The number of hydrogen-bond donors (Lipinski definition) is 1. The Morgan fingerprint density at radius 3 is 2.80 bits per heavy atom. The van der Waals surface area contributed by atoms with Gasteiger partial charge in [-0.2, -0.15) is 0 Å². The molecule has 0 aliphatic carbocycles. The Morgan fingerprint density at radius 2 is 2.20 bits per heavy atom. The minimum Gasteiger partial charge on any atom is -0.469 e. The van der Waals surface area contributed by atoms with E-state index in [4.69, 9.17) is 0 Å². The number of benzene rings is 1. The molecule has 0 aliphatic heterocycles. The third kappa shape index (κ3) is 3.25. The Bertz CT molecular complexity index is 338. The van der Waals surface area contributed by atoms with Crippen LogP contribution in [0, 0.1) is 0 Å². The van der Waals surface area contributed by atoms with Gasteiger partial charge in [-0.25, -0.2) is 0 Å². The molecular weight excluding hydrogens is 212 g/mol. The van der Waals surface area contributed by atoms with E-state index in [1.165, 1.54) is 7.11 Å². The van der Waals surface area contributed by atoms with E-state index in [9.17, 15) is 9.90 Å². The summed E-state index contributed by atoms with van der Waals surface area (Å²) in [7, 11) is 1.32. The molecule has 1 aromatic carbocycles. The van der Waals surface area contributed by atoms with Crippen molar-refractivity contribution in [1.82, 2.24) is 0 Å². The van der Waals surface area contributed by atoms with Crippen LogP contribution in [0.1, 0.15) is 18.1 Å². The second-order valence-electron chi connectivity index (χ2n) is 3.04. The highest BCUT2D eigenvalue weighted by Gasteiger charge is 2.15. The van der Waals surface area contributed by atoms with Crippen molar-refractivity contribution in [3.05, 3.63) is 29.8 Å². The average Bonchev–Trinajstić information content (AvgIpc) is 2.28. The predicted molar refractivity (Wildman–Crippen MR) is 59.8 cm³/mol. The number of thioether (sulfide) groups is 1. The standard InChI is InChI=1S/C11H14O3S/c1-14-11(13)7-9(12)8-5-3-4-6-10(8)15-2/h3-6,9,12H,7H2,1-2H3/t9-/m1/s1. The molecule has 1 N–H and O–H groups in total. The average molecular weight is 226 g/mol. The summed E-state index contributed by atoms with van der Waals surface area (Å²) in [5, 5.41) is 9.82. The van der Waals surface area contributed by atoms with Gasteiger partial charge in [0.05, 0.1) is 19.6 Å². The first-order chi connectivity index (χ1) is 7.19. The fraction of sp³-hybridized carbons (Fsp3) is 0.364. The monoisotopic (exact) mass is 226 g/mol. The first-order valence-electron chi connectivity index (χ1n) is 4.56. The zero-order chi connectivity index (χ0) is 11.3. The smallest absolute Gasteiger partial charge is 0.308 e. The van der Waals surface area contributed by atoms with Crippen LogP contribution in [0.25, 0.3) is 0 Å². The third-order valence-corrected chi connectivity index (χ3v) is 2.90. The second kappa shape index (κ2) is 5.78. The van der Waals surface area contributed by atoms with Crippen LogP contribution >= 0.6 is 11.8 Å². The molecule has 0 fully saturated rings. The van der Waals surface area contributed by atoms with Crippen LogP contribution < -0.4 is 0 Å². The van der Waals surface area contributed by atoms with Gasteiger partial charge in [0.25, 0.3) is 0 Å². The highest BCUT2D eigenvalue weighted by Crippen LogP contribution is 2.27. The second-order valence-corrected chi connectivity index (χ2v) is 3.89. The summed E-state index contributed by atoms with van der Waals surface area (Å²) in [4.78, 5) is 12.0. The summed E-state index contributed by atoms with van der Waals surface area (Å²) in [5.41, 5.74) is 0.774. The van der Waals surface area contributed by atoms with Crippen molar-refractivity contribution in [2.45, 2.75) is 17.4 Å². The van der Waals surface area contributed by atoms with Crippen molar-refractivity contribution in [3.8, 4) is 0 Å². The molecule has 1 atom stereocenters. The van der Waals surface area contributed by atoms with E-state index in [1.54, 1.807) is 11.8 Å². The lowest BCUT2D eigenvalue weighted by atomic mass is 10.1. The number of rotatable bonds is 4. The number of carbonyl (C=O) groups excluding carboxylic acids is 1. The van der Waals surface area contributed by atoms with Crippen LogP contribution in [0.2, 0.25) is 0 Å². The molecule has 0 saturated heterocycles. The first-order valence-corrected chi connectivity index (χ1v) is 5.79. The normalized spacial score (nSPS) is 12.2. The predicted octanol–water partition coefficient (Wildman–Crippen LogP) is 2.00. The number of aliphatic hydroxyl groups is 1. The van der Waals surface area contributed by atoms with Gasteiger partial charge in [-0.3, -0.25) is 4.79 Å². The molecule has 0 aromatic heterocycles. The number of aliphatic hydroxyl groups excluding tert-OH is 1. The number of carbonyl (C=O) groups is 1. The van der Waals surface area contributed by atoms with Gasteiger partial charge >= 0.3 is 5.97 Å². The number of esters is 1. The SMILES string of the molecule is COC(=O)C[C@@H](O)c1ccccc1SC. The summed E-state index contributed by atoms with van der Waals surface area (Å²) in [5.74, 6) is -0.404. The lowest BCUT2D eigenvalue weighted by molar-refractivity contribution is -0.142. The van der Waals surface area contributed by atoms with Crippen molar-refractivity contribution in [2.24, 2.45) is 0 Å². The summed E-state index contributed by atoms with van der Waals surface area (Å²) >= 11 is 1.55. The van der Waals surface area contributed by atoms with Crippen molar-refractivity contribution in [3.63, 3.8) is 0 Å². The molecule has 0 bridgehead atoms. The zero-order valence-corrected chi connectivity index (χ0v) is 9.58. The van der Waals surface area contributed by atoms with E-state index in [0.29, 0.717) is 0 Å². The maximum atomic E-state index is 11.0. The molecule has 0 spiro atoms. The highest BCUT2D eigenvalue weighted by atomic mass is 32.2. The molecule has 0 aliphatic rings. The third-order valence-electron chi connectivity index (χ3n) is 2.09. The van der Waals surface area contributed by atoms with Crippen LogP contribution in [-0.2, 0) is 9.53 Å². The van der Waals surface area contributed by atoms with Crippen LogP contribution in [0.15, 0.2) is 29.2 Å². The summed E-state index contributed by atoms with van der Waals surface area (Å²) < 4.78 is 4.51. The van der Waals surface area contributed by atoms with Crippen LogP contribution in [0.5, 0.6) is 0 Å². The molecule has 1 rings (SSSR count). The van der Waals surface area contributed by atoms with E-state index >= 15 is 0 Å². The first kappa shape index (κ1) is 12.1. The Labute approximate surface area is 93.4 Å². The fourth-order valence-electron chi connectivity index (χ4n) is 1.29. The van der Waals surface area contributed by atoms with E-state index < -0.39 is 12.1 Å². The van der Waals surface area contributed by atoms with Crippen molar-refractivity contribution in [2.75, 3.05) is 13.4 Å².